The summed E-state index contributed by atoms with van der Waals surface area (Å²) in [6.45, 7) is 0. The van der Waals surface area contributed by atoms with Gasteiger partial charge < -0.3 is 14.9 Å². The Hall–Kier alpha value is -4.53. The van der Waals surface area contributed by atoms with Gasteiger partial charge in [0.25, 0.3) is 11.6 Å². The Balaban J connectivity index is 1.56. The number of methoxy groups -OCH3 is 2. The molecular weight excluding hydrogens is 448 g/mol. The number of nitrogens with one attached hydrogen (secondary N) is 1. The summed E-state index contributed by atoms with van der Waals surface area (Å²) < 4.78 is 10.7. The van der Waals surface area contributed by atoms with Crippen molar-refractivity contribution in [1.29, 1.82) is 0 Å². The molecular formula is C26H22N4O5. The first-order valence-electron chi connectivity index (χ1n) is 11.0. The van der Waals surface area contributed by atoms with Crippen molar-refractivity contribution in [3.63, 3.8) is 0 Å². The highest BCUT2D eigenvalue weighted by molar-refractivity contribution is 6.33. The third-order valence-corrected chi connectivity index (χ3v) is 6.25. The van der Waals surface area contributed by atoms with Crippen molar-refractivity contribution in [3.8, 4) is 11.5 Å². The molecule has 5 rings (SSSR count). The first kappa shape index (κ1) is 22.3. The summed E-state index contributed by atoms with van der Waals surface area (Å²) in [5, 5.41) is 16.0. The molecule has 2 aromatic carbocycles. The average molecular weight is 470 g/mol. The lowest BCUT2D eigenvalue weighted by Gasteiger charge is -2.26. The fourth-order valence-corrected chi connectivity index (χ4v) is 4.57. The minimum absolute atomic E-state index is 0.0363. The van der Waals surface area contributed by atoms with Gasteiger partial charge in [-0.2, -0.15) is 5.10 Å². The van der Waals surface area contributed by atoms with E-state index >= 15 is 0 Å². The first-order valence-corrected chi connectivity index (χ1v) is 11.0. The largest absolute Gasteiger partial charge is 0.493 e. The lowest BCUT2D eigenvalue weighted by atomic mass is 9.78. The monoisotopic (exact) mass is 470 g/mol. The van der Waals surface area contributed by atoms with Gasteiger partial charge in [0.15, 0.2) is 11.5 Å². The molecule has 0 saturated heterocycles. The lowest BCUT2D eigenvalue weighted by molar-refractivity contribution is -0.419. The van der Waals surface area contributed by atoms with E-state index in [0.29, 0.717) is 40.5 Å². The van der Waals surface area contributed by atoms with E-state index in [-0.39, 0.29) is 11.7 Å². The number of carbonyl (C=O) groups is 1. The van der Waals surface area contributed by atoms with Gasteiger partial charge in [0, 0.05) is 18.6 Å². The molecule has 9 heteroatoms. The molecule has 2 heterocycles. The molecule has 9 nitrogen and oxygen atoms in total. The molecule has 2 aromatic rings. The summed E-state index contributed by atoms with van der Waals surface area (Å²) in [7, 11) is 3.15. The van der Waals surface area contributed by atoms with Crippen LogP contribution in [0.3, 0.4) is 0 Å². The minimum Gasteiger partial charge on any atom is -0.493 e. The maximum atomic E-state index is 13.3. The Kier molecular flexibility index (Phi) is 5.74. The highest BCUT2D eigenvalue weighted by atomic mass is 16.6. The highest BCUT2D eigenvalue weighted by Gasteiger charge is 2.38. The number of hydrazone groups is 1. The number of rotatable bonds is 6. The van der Waals surface area contributed by atoms with E-state index in [1.54, 1.807) is 26.4 Å². The van der Waals surface area contributed by atoms with Crippen LogP contribution < -0.4 is 14.9 Å². The number of dihydropyridines is 1. The number of hydrogen-bond acceptors (Lipinski definition) is 7. The second-order valence-corrected chi connectivity index (χ2v) is 8.21. The Labute approximate surface area is 201 Å². The topological polar surface area (TPSA) is 115 Å². The summed E-state index contributed by atoms with van der Waals surface area (Å²) in [4.78, 5) is 28.6. The third kappa shape index (κ3) is 4.01. The summed E-state index contributed by atoms with van der Waals surface area (Å²) >= 11 is 0. The first-order chi connectivity index (χ1) is 17.0. The fourth-order valence-electron chi connectivity index (χ4n) is 4.57. The third-order valence-electron chi connectivity index (χ3n) is 6.25. The zero-order chi connectivity index (χ0) is 24.5. The lowest BCUT2D eigenvalue weighted by Crippen LogP contribution is -2.28. The van der Waals surface area contributed by atoms with Crippen molar-refractivity contribution in [2.75, 3.05) is 14.2 Å². The van der Waals surface area contributed by atoms with Crippen LogP contribution in [0.2, 0.25) is 0 Å². The van der Waals surface area contributed by atoms with E-state index in [2.05, 4.69) is 15.5 Å². The van der Waals surface area contributed by atoms with Crippen molar-refractivity contribution in [1.82, 2.24) is 5.43 Å². The number of nitro groups is 1. The summed E-state index contributed by atoms with van der Waals surface area (Å²) in [6.07, 6.45) is 4.90. The van der Waals surface area contributed by atoms with Crippen LogP contribution >= 0.6 is 0 Å². The van der Waals surface area contributed by atoms with Crippen LogP contribution in [0.25, 0.3) is 5.57 Å². The van der Waals surface area contributed by atoms with Crippen molar-refractivity contribution in [2.45, 2.75) is 12.5 Å². The van der Waals surface area contributed by atoms with Gasteiger partial charge in [-0.25, -0.2) is 4.99 Å². The Bertz CT molecular complexity index is 1370. The van der Waals surface area contributed by atoms with E-state index in [0.717, 1.165) is 11.1 Å². The molecule has 176 valence electrons. The van der Waals surface area contributed by atoms with Crippen molar-refractivity contribution < 1.29 is 19.2 Å². The summed E-state index contributed by atoms with van der Waals surface area (Å²) in [5.41, 5.74) is 6.87. The predicted molar refractivity (Wildman–Crippen MR) is 131 cm³/mol. The van der Waals surface area contributed by atoms with Gasteiger partial charge >= 0.3 is 0 Å². The molecule has 2 aliphatic heterocycles. The van der Waals surface area contributed by atoms with Gasteiger partial charge in [-0.3, -0.25) is 14.9 Å². The Morgan fingerprint density at radius 1 is 1.06 bits per heavy atom. The maximum absolute atomic E-state index is 13.3. The van der Waals surface area contributed by atoms with Crippen molar-refractivity contribution in [2.24, 2.45) is 16.0 Å². The molecule has 0 saturated carbocycles. The van der Waals surface area contributed by atoms with Gasteiger partial charge in [-0.15, -0.1) is 0 Å². The quantitative estimate of drug-likeness (QED) is 0.506. The molecule has 0 fully saturated rings. The number of nitrogens with zero attached hydrogens (tertiary/aromatic N) is 3. The number of allylic oxidation sites excluding steroid dienone is 4. The highest BCUT2D eigenvalue weighted by Crippen LogP contribution is 2.39. The number of aliphatic imine (C=N–C) groups is 1. The van der Waals surface area contributed by atoms with E-state index in [1.807, 2.05) is 48.5 Å². The van der Waals surface area contributed by atoms with Crippen LogP contribution in [0.5, 0.6) is 11.5 Å². The number of benzene rings is 2. The molecule has 0 spiro atoms. The smallest absolute Gasteiger partial charge is 0.279 e. The Morgan fingerprint density at radius 3 is 2.54 bits per heavy atom. The Morgan fingerprint density at radius 2 is 1.83 bits per heavy atom. The van der Waals surface area contributed by atoms with Crippen LogP contribution in [-0.2, 0) is 4.79 Å². The minimum atomic E-state index is -0.529. The summed E-state index contributed by atoms with van der Waals surface area (Å²) in [5.74, 6) is 0.274. The normalized spacial score (nSPS) is 21.0. The fraction of sp³-hybridized carbons (Fsp3) is 0.192. The summed E-state index contributed by atoms with van der Waals surface area (Å²) in [6, 6.07) is 14.8. The van der Waals surface area contributed by atoms with Crippen LogP contribution in [0, 0.1) is 16.0 Å². The molecule has 2 unspecified atom stereocenters. The average Bonchev–Trinajstić information content (AvgIpc) is 3.37. The number of carbonyl (C=O) groups excluding carboxylic acids is 1. The van der Waals surface area contributed by atoms with Crippen LogP contribution in [-0.4, -0.2) is 36.5 Å². The van der Waals surface area contributed by atoms with Crippen LogP contribution in [0.4, 0.5) is 0 Å². The van der Waals surface area contributed by atoms with E-state index in [9.17, 15) is 14.9 Å². The second kappa shape index (κ2) is 9.02. The SMILES string of the molecule is COc1ccc(C2CC(C3=C(c4ccccc4)C4C=C([N+](=O)[O-])C=CC4=NC3=O)=NN2)cc1OC. The van der Waals surface area contributed by atoms with E-state index in [4.69, 9.17) is 9.47 Å². The van der Waals surface area contributed by atoms with Gasteiger partial charge in [-0.1, -0.05) is 36.4 Å². The predicted octanol–water partition coefficient (Wildman–Crippen LogP) is 3.88. The van der Waals surface area contributed by atoms with Crippen LogP contribution in [0.15, 0.2) is 88.1 Å². The van der Waals surface area contributed by atoms with Gasteiger partial charge in [0.2, 0.25) is 0 Å². The maximum Gasteiger partial charge on any atom is 0.279 e. The van der Waals surface area contributed by atoms with Gasteiger partial charge in [0.1, 0.15) is 0 Å². The molecule has 1 amide bonds. The zero-order valence-electron chi connectivity index (χ0n) is 19.1. The second-order valence-electron chi connectivity index (χ2n) is 8.21. The van der Waals surface area contributed by atoms with Crippen LogP contribution in [0.1, 0.15) is 23.6 Å². The molecule has 0 bridgehead atoms. The molecule has 3 aliphatic rings. The molecule has 35 heavy (non-hydrogen) atoms. The van der Waals surface area contributed by atoms with Crippen molar-refractivity contribution in [3.05, 3.63) is 99.3 Å². The molecule has 0 aromatic heterocycles. The molecule has 2 atom stereocenters. The van der Waals surface area contributed by atoms with Gasteiger partial charge in [0.05, 0.1) is 48.1 Å². The standard InChI is InChI=1S/C26H22N4O5/c1-34-22-11-8-16(12-23(22)35-2)20-14-21(29-28-20)25-24(15-6-4-3-5-7-15)18-13-17(30(32)33)9-10-19(18)27-26(25)31/h3-13,18,20,28H,14H2,1-2H3. The number of ether oxygens (including phenoxy) is 2. The van der Waals surface area contributed by atoms with E-state index < -0.39 is 16.7 Å². The zero-order valence-corrected chi connectivity index (χ0v) is 19.1. The van der Waals surface area contributed by atoms with E-state index in [1.165, 1.54) is 6.08 Å². The molecule has 1 N–H and O–H groups in total. The number of amides is 1. The van der Waals surface area contributed by atoms with Crippen molar-refractivity contribution >= 4 is 22.9 Å². The molecule has 0 radical (unpaired) electrons. The molecule has 1 aliphatic carbocycles. The number of fused-ring (bicyclic) bond motifs is 1. The van der Waals surface area contributed by atoms with Gasteiger partial charge in [-0.05, 0) is 34.9 Å². The number of hydrogen-bond donors (Lipinski definition) is 1.